The third kappa shape index (κ3) is 5.38. The molecule has 3 heterocycles. The van der Waals surface area contributed by atoms with E-state index in [2.05, 4.69) is 15.2 Å². The number of carbonyl (C=O) groups excluding carboxylic acids is 2. The first-order valence-corrected chi connectivity index (χ1v) is 13.0. The molecule has 1 fully saturated rings. The van der Waals surface area contributed by atoms with Gasteiger partial charge in [0.25, 0.3) is 11.8 Å². The number of anilines is 1. The number of nitrogens with zero attached hydrogens (tertiary/aromatic N) is 3. The predicted molar refractivity (Wildman–Crippen MR) is 149 cm³/mol. The van der Waals surface area contributed by atoms with Crippen molar-refractivity contribution in [3.05, 3.63) is 83.2 Å². The molecule has 2 aromatic carbocycles. The van der Waals surface area contributed by atoms with E-state index in [0.717, 1.165) is 16.5 Å². The number of ether oxygens (including phenoxy) is 2. The van der Waals surface area contributed by atoms with Gasteiger partial charge in [0.1, 0.15) is 11.4 Å². The summed E-state index contributed by atoms with van der Waals surface area (Å²) < 4.78 is 16.5. The number of hydrogen-bond acceptors (Lipinski definition) is 7. The van der Waals surface area contributed by atoms with Crippen LogP contribution < -0.4 is 19.7 Å². The second-order valence-corrected chi connectivity index (χ2v) is 9.40. The molecule has 0 unspecified atom stereocenters. The monoisotopic (exact) mass is 528 g/mol. The van der Waals surface area contributed by atoms with E-state index in [9.17, 15) is 9.59 Å². The van der Waals surface area contributed by atoms with Crippen molar-refractivity contribution in [1.29, 1.82) is 0 Å². The highest BCUT2D eigenvalue weighted by molar-refractivity contribution is 6.00. The fourth-order valence-corrected chi connectivity index (χ4v) is 4.92. The number of aryl methyl sites for hydroxylation is 1. The van der Waals surface area contributed by atoms with Gasteiger partial charge in [-0.25, -0.2) is 4.98 Å². The SMILES string of the molecule is COc1ccc(CCNC(=O)c2cccnc2N2CCN(C(=O)c3oc4ccccc4c3C)CC2)cc1OC. The number of amides is 2. The minimum absolute atomic E-state index is 0.113. The van der Waals surface area contributed by atoms with Gasteiger partial charge >= 0.3 is 0 Å². The normalized spacial score (nSPS) is 13.4. The van der Waals surface area contributed by atoms with Crippen LogP contribution in [0.25, 0.3) is 11.0 Å². The van der Waals surface area contributed by atoms with Crippen LogP contribution in [-0.2, 0) is 6.42 Å². The third-order valence-electron chi connectivity index (χ3n) is 7.08. The van der Waals surface area contributed by atoms with Crippen LogP contribution >= 0.6 is 0 Å². The number of aromatic nitrogens is 1. The van der Waals surface area contributed by atoms with Crippen molar-refractivity contribution in [3.8, 4) is 11.5 Å². The molecule has 0 spiro atoms. The Hall–Kier alpha value is -4.53. The summed E-state index contributed by atoms with van der Waals surface area (Å²) in [7, 11) is 3.20. The Kier molecular flexibility index (Phi) is 7.67. The minimum atomic E-state index is -0.185. The zero-order chi connectivity index (χ0) is 27.4. The van der Waals surface area contributed by atoms with E-state index >= 15 is 0 Å². The van der Waals surface area contributed by atoms with Crippen LogP contribution in [0.4, 0.5) is 5.82 Å². The molecular formula is C30H32N4O5. The highest BCUT2D eigenvalue weighted by Gasteiger charge is 2.28. The van der Waals surface area contributed by atoms with Crippen LogP contribution in [0.2, 0.25) is 0 Å². The van der Waals surface area contributed by atoms with Gasteiger partial charge in [0.2, 0.25) is 0 Å². The Labute approximate surface area is 227 Å². The molecule has 0 bridgehead atoms. The number of para-hydroxylation sites is 1. The number of benzene rings is 2. The molecule has 2 aromatic heterocycles. The maximum absolute atomic E-state index is 13.2. The van der Waals surface area contributed by atoms with Gasteiger partial charge in [0, 0.05) is 49.9 Å². The Bertz CT molecular complexity index is 1490. The molecule has 0 atom stereocenters. The molecular weight excluding hydrogens is 496 g/mol. The van der Waals surface area contributed by atoms with Crippen LogP contribution in [0.3, 0.4) is 0 Å². The first kappa shape index (κ1) is 26.1. The van der Waals surface area contributed by atoms with E-state index in [1.807, 2.05) is 49.4 Å². The van der Waals surface area contributed by atoms with E-state index in [-0.39, 0.29) is 11.8 Å². The minimum Gasteiger partial charge on any atom is -0.493 e. The van der Waals surface area contributed by atoms with Crippen molar-refractivity contribution in [1.82, 2.24) is 15.2 Å². The van der Waals surface area contributed by atoms with E-state index in [0.29, 0.717) is 73.4 Å². The Morgan fingerprint density at radius 2 is 1.74 bits per heavy atom. The average Bonchev–Trinajstić information content (AvgIpc) is 3.33. The fraction of sp³-hybridized carbons (Fsp3) is 0.300. The summed E-state index contributed by atoms with van der Waals surface area (Å²) in [5.74, 6) is 2.03. The van der Waals surface area contributed by atoms with E-state index in [1.54, 1.807) is 37.4 Å². The summed E-state index contributed by atoms with van der Waals surface area (Å²) >= 11 is 0. The van der Waals surface area contributed by atoms with E-state index in [4.69, 9.17) is 13.9 Å². The zero-order valence-electron chi connectivity index (χ0n) is 22.4. The van der Waals surface area contributed by atoms with Crippen LogP contribution in [0.1, 0.15) is 32.0 Å². The van der Waals surface area contributed by atoms with Crippen LogP contribution in [0.15, 0.2) is 65.2 Å². The molecule has 0 radical (unpaired) electrons. The lowest BCUT2D eigenvalue weighted by atomic mass is 10.1. The lowest BCUT2D eigenvalue weighted by molar-refractivity contribution is 0.0715. The smallest absolute Gasteiger partial charge is 0.290 e. The standard InChI is InChI=1S/C30H32N4O5/c1-20-22-7-4-5-9-24(22)39-27(20)30(36)34-17-15-33(16-18-34)28-23(8-6-13-31-28)29(35)32-14-12-21-10-11-25(37-2)26(19-21)38-3/h4-11,13,19H,12,14-18H2,1-3H3,(H,32,35). The topological polar surface area (TPSA) is 97.1 Å². The molecule has 9 heteroatoms. The van der Waals surface area contributed by atoms with Gasteiger partial charge in [-0.1, -0.05) is 24.3 Å². The molecule has 2 amide bonds. The molecule has 0 saturated carbocycles. The molecule has 1 aliphatic heterocycles. The Morgan fingerprint density at radius 3 is 2.49 bits per heavy atom. The van der Waals surface area contributed by atoms with Gasteiger partial charge < -0.3 is 29.0 Å². The van der Waals surface area contributed by atoms with Crippen molar-refractivity contribution in [2.24, 2.45) is 0 Å². The Morgan fingerprint density at radius 1 is 0.974 bits per heavy atom. The van der Waals surface area contributed by atoms with Gasteiger partial charge in [-0.15, -0.1) is 0 Å². The highest BCUT2D eigenvalue weighted by Crippen LogP contribution is 2.28. The van der Waals surface area contributed by atoms with Crippen LogP contribution in [0.5, 0.6) is 11.5 Å². The number of hydrogen-bond donors (Lipinski definition) is 1. The maximum atomic E-state index is 13.2. The molecule has 202 valence electrons. The predicted octanol–water partition coefficient (Wildman–Crippen LogP) is 4.09. The second-order valence-electron chi connectivity index (χ2n) is 9.40. The molecule has 4 aromatic rings. The summed E-state index contributed by atoms with van der Waals surface area (Å²) in [5.41, 5.74) is 3.11. The first-order chi connectivity index (χ1) is 19.0. The molecule has 9 nitrogen and oxygen atoms in total. The van der Waals surface area contributed by atoms with Crippen molar-refractivity contribution in [2.75, 3.05) is 51.8 Å². The molecule has 1 aliphatic rings. The summed E-state index contributed by atoms with van der Waals surface area (Å²) in [6.07, 6.45) is 2.33. The molecule has 5 rings (SSSR count). The van der Waals surface area contributed by atoms with Gasteiger partial charge in [-0.2, -0.15) is 0 Å². The summed E-state index contributed by atoms with van der Waals surface area (Å²) in [5, 5.41) is 3.96. The van der Waals surface area contributed by atoms with Crippen molar-refractivity contribution >= 4 is 28.6 Å². The van der Waals surface area contributed by atoms with Gasteiger partial charge in [-0.05, 0) is 49.2 Å². The average molecular weight is 529 g/mol. The molecule has 1 saturated heterocycles. The maximum Gasteiger partial charge on any atom is 0.290 e. The summed E-state index contributed by atoms with van der Waals surface area (Å²) in [6, 6.07) is 16.9. The molecule has 1 N–H and O–H groups in total. The number of fused-ring (bicyclic) bond motifs is 1. The van der Waals surface area contributed by atoms with Gasteiger partial charge in [-0.3, -0.25) is 9.59 Å². The zero-order valence-corrected chi connectivity index (χ0v) is 22.4. The largest absolute Gasteiger partial charge is 0.493 e. The number of piperazine rings is 1. The number of methoxy groups -OCH3 is 2. The number of nitrogens with one attached hydrogen (secondary N) is 1. The van der Waals surface area contributed by atoms with Crippen LogP contribution in [0, 0.1) is 6.92 Å². The van der Waals surface area contributed by atoms with Crippen molar-refractivity contribution < 1.29 is 23.5 Å². The highest BCUT2D eigenvalue weighted by atomic mass is 16.5. The first-order valence-electron chi connectivity index (χ1n) is 13.0. The summed E-state index contributed by atoms with van der Waals surface area (Å²) in [6.45, 7) is 4.52. The fourth-order valence-electron chi connectivity index (χ4n) is 4.92. The van der Waals surface area contributed by atoms with Crippen molar-refractivity contribution in [3.63, 3.8) is 0 Å². The van der Waals surface area contributed by atoms with E-state index in [1.165, 1.54) is 0 Å². The molecule has 0 aliphatic carbocycles. The van der Waals surface area contributed by atoms with E-state index < -0.39 is 0 Å². The number of furan rings is 1. The second kappa shape index (κ2) is 11.5. The quantitative estimate of drug-likeness (QED) is 0.368. The van der Waals surface area contributed by atoms with Crippen molar-refractivity contribution in [2.45, 2.75) is 13.3 Å². The lowest BCUT2D eigenvalue weighted by Gasteiger charge is -2.35. The lowest BCUT2D eigenvalue weighted by Crippen LogP contribution is -2.49. The van der Waals surface area contributed by atoms with Gasteiger partial charge in [0.05, 0.1) is 19.8 Å². The summed E-state index contributed by atoms with van der Waals surface area (Å²) in [4.78, 5) is 34.7. The number of rotatable bonds is 8. The van der Waals surface area contributed by atoms with Gasteiger partial charge in [0.15, 0.2) is 17.3 Å². The third-order valence-corrected chi connectivity index (χ3v) is 7.08. The number of carbonyl (C=O) groups is 2. The molecule has 39 heavy (non-hydrogen) atoms. The number of pyridine rings is 1. The van der Waals surface area contributed by atoms with Crippen LogP contribution in [-0.4, -0.2) is 68.6 Å². The Balaban J connectivity index is 1.20.